The van der Waals surface area contributed by atoms with E-state index in [9.17, 15) is 10.1 Å². The van der Waals surface area contributed by atoms with Crippen molar-refractivity contribution >= 4 is 21.6 Å². The lowest BCUT2D eigenvalue weighted by atomic mass is 9.85. The number of piperidine rings is 1. The fourth-order valence-corrected chi connectivity index (χ4v) is 3.30. The van der Waals surface area contributed by atoms with Gasteiger partial charge in [0.05, 0.1) is 22.6 Å². The van der Waals surface area contributed by atoms with E-state index in [4.69, 9.17) is 10.5 Å². The van der Waals surface area contributed by atoms with Gasteiger partial charge in [-0.15, -0.1) is 0 Å². The van der Waals surface area contributed by atoms with Crippen LogP contribution in [0.1, 0.15) is 24.4 Å². The Balaban J connectivity index is 2.33. The first-order valence-corrected chi connectivity index (χ1v) is 7.69. The Morgan fingerprint density at radius 2 is 2.10 bits per heavy atom. The molecule has 1 heterocycles. The first-order valence-electron chi connectivity index (χ1n) is 6.90. The number of nitrogens with two attached hydrogens (primary N) is 1. The number of rotatable bonds is 4. The van der Waals surface area contributed by atoms with E-state index in [1.165, 1.54) is 13.2 Å². The second-order valence-corrected chi connectivity index (χ2v) is 6.32. The normalized spacial score (nSPS) is 18.5. The Kier molecular flexibility index (Phi) is 5.18. The maximum absolute atomic E-state index is 11.3. The quantitative estimate of drug-likeness (QED) is 0.661. The predicted octanol–water partition coefficient (Wildman–Crippen LogP) is 2.71. The molecule has 0 saturated carbocycles. The molecule has 6 nitrogen and oxygen atoms in total. The van der Waals surface area contributed by atoms with Crippen molar-refractivity contribution in [1.29, 1.82) is 0 Å². The summed E-state index contributed by atoms with van der Waals surface area (Å²) >= 11 is 3.38. The van der Waals surface area contributed by atoms with Crippen molar-refractivity contribution < 1.29 is 9.66 Å². The van der Waals surface area contributed by atoms with E-state index in [-0.39, 0.29) is 22.6 Å². The number of ether oxygens (including phenoxy) is 1. The molecule has 2 rings (SSSR count). The first kappa shape index (κ1) is 16.2. The van der Waals surface area contributed by atoms with Gasteiger partial charge >= 0.3 is 0 Å². The van der Waals surface area contributed by atoms with Gasteiger partial charge in [-0.1, -0.05) is 0 Å². The highest BCUT2D eigenvalue weighted by Crippen LogP contribution is 2.39. The monoisotopic (exact) mass is 357 g/mol. The van der Waals surface area contributed by atoms with Crippen molar-refractivity contribution in [3.63, 3.8) is 0 Å². The zero-order valence-electron chi connectivity index (χ0n) is 12.2. The molecule has 0 aliphatic carbocycles. The standard InChI is InChI=1S/C14H20BrN3O3/c1-17-5-3-9(4-6-17)14(16)10-7-11(15)13(21-2)8-12(10)18(19)20/h7-9,14H,3-6,16H2,1-2H3. The van der Waals surface area contributed by atoms with Crippen LogP contribution in [0.5, 0.6) is 5.75 Å². The summed E-state index contributed by atoms with van der Waals surface area (Å²) in [6, 6.07) is 2.83. The van der Waals surface area contributed by atoms with Crippen LogP contribution in [-0.4, -0.2) is 37.1 Å². The van der Waals surface area contributed by atoms with Crippen LogP contribution < -0.4 is 10.5 Å². The minimum Gasteiger partial charge on any atom is -0.495 e. The third kappa shape index (κ3) is 3.53. The maximum atomic E-state index is 11.3. The highest BCUT2D eigenvalue weighted by Gasteiger charge is 2.29. The van der Waals surface area contributed by atoms with Gasteiger partial charge in [0.1, 0.15) is 5.75 Å². The Hall–Kier alpha value is -1.18. The molecule has 21 heavy (non-hydrogen) atoms. The molecule has 7 heteroatoms. The number of hydrogen-bond donors (Lipinski definition) is 1. The van der Waals surface area contributed by atoms with E-state index in [2.05, 4.69) is 27.9 Å². The van der Waals surface area contributed by atoms with Crippen molar-refractivity contribution in [3.05, 3.63) is 32.3 Å². The first-order chi connectivity index (χ1) is 9.93. The number of nitro benzene ring substituents is 1. The fourth-order valence-electron chi connectivity index (χ4n) is 2.78. The second kappa shape index (κ2) is 6.72. The number of nitro groups is 1. The van der Waals surface area contributed by atoms with Gasteiger partial charge in [-0.3, -0.25) is 10.1 Å². The third-order valence-corrected chi connectivity index (χ3v) is 4.75. The van der Waals surface area contributed by atoms with Crippen molar-refractivity contribution in [2.24, 2.45) is 11.7 Å². The highest BCUT2D eigenvalue weighted by molar-refractivity contribution is 9.10. The Bertz CT molecular complexity index is 530. The Morgan fingerprint density at radius 3 is 2.62 bits per heavy atom. The van der Waals surface area contributed by atoms with Gasteiger partial charge in [-0.05, 0) is 60.9 Å². The van der Waals surface area contributed by atoms with Gasteiger partial charge in [-0.25, -0.2) is 0 Å². The molecular formula is C14H20BrN3O3. The van der Waals surface area contributed by atoms with Crippen LogP contribution in [-0.2, 0) is 0 Å². The fraction of sp³-hybridized carbons (Fsp3) is 0.571. The minimum absolute atomic E-state index is 0.0291. The van der Waals surface area contributed by atoms with Crippen molar-refractivity contribution in [2.45, 2.75) is 18.9 Å². The summed E-state index contributed by atoms with van der Waals surface area (Å²) in [6.07, 6.45) is 1.91. The Labute approximate surface area is 132 Å². The average Bonchev–Trinajstić information content (AvgIpc) is 2.46. The van der Waals surface area contributed by atoms with E-state index in [1.54, 1.807) is 6.07 Å². The number of methoxy groups -OCH3 is 1. The van der Waals surface area contributed by atoms with Gasteiger partial charge in [0.2, 0.25) is 0 Å². The highest BCUT2D eigenvalue weighted by atomic mass is 79.9. The van der Waals surface area contributed by atoms with E-state index in [1.807, 2.05) is 0 Å². The molecule has 116 valence electrons. The van der Waals surface area contributed by atoms with Crippen LogP contribution in [0.4, 0.5) is 5.69 Å². The van der Waals surface area contributed by atoms with Crippen molar-refractivity contribution in [1.82, 2.24) is 4.90 Å². The molecule has 0 radical (unpaired) electrons. The number of likely N-dealkylation sites (tertiary alicyclic amines) is 1. The molecule has 0 spiro atoms. The molecule has 1 aromatic rings. The molecule has 1 aliphatic rings. The summed E-state index contributed by atoms with van der Waals surface area (Å²) in [5.41, 5.74) is 6.93. The van der Waals surface area contributed by atoms with E-state index >= 15 is 0 Å². The number of halogens is 1. The van der Waals surface area contributed by atoms with E-state index in [0.717, 1.165) is 25.9 Å². The smallest absolute Gasteiger partial charge is 0.277 e. The van der Waals surface area contributed by atoms with Crippen molar-refractivity contribution in [2.75, 3.05) is 27.2 Å². The zero-order chi connectivity index (χ0) is 15.6. The van der Waals surface area contributed by atoms with Crippen LogP contribution in [0.2, 0.25) is 0 Å². The molecule has 1 fully saturated rings. The lowest BCUT2D eigenvalue weighted by Crippen LogP contribution is -2.35. The summed E-state index contributed by atoms with van der Waals surface area (Å²) < 4.78 is 5.82. The predicted molar refractivity (Wildman–Crippen MR) is 84.5 cm³/mol. The van der Waals surface area contributed by atoms with Crippen LogP contribution in [0.3, 0.4) is 0 Å². The summed E-state index contributed by atoms with van der Waals surface area (Å²) in [5, 5.41) is 11.3. The zero-order valence-corrected chi connectivity index (χ0v) is 13.8. The summed E-state index contributed by atoms with van der Waals surface area (Å²) in [4.78, 5) is 13.2. The lowest BCUT2D eigenvalue weighted by molar-refractivity contribution is -0.385. The van der Waals surface area contributed by atoms with Gasteiger partial charge < -0.3 is 15.4 Å². The number of hydrogen-bond acceptors (Lipinski definition) is 5. The summed E-state index contributed by atoms with van der Waals surface area (Å²) in [5.74, 6) is 0.709. The molecule has 1 aromatic carbocycles. The van der Waals surface area contributed by atoms with Gasteiger partial charge in [0.25, 0.3) is 5.69 Å². The molecular weight excluding hydrogens is 338 g/mol. The maximum Gasteiger partial charge on any atom is 0.277 e. The molecule has 1 unspecified atom stereocenters. The number of benzene rings is 1. The molecule has 0 aromatic heterocycles. The molecule has 1 saturated heterocycles. The topological polar surface area (TPSA) is 81.6 Å². The summed E-state index contributed by atoms with van der Waals surface area (Å²) in [6.45, 7) is 1.95. The van der Waals surface area contributed by atoms with Crippen LogP contribution in [0.15, 0.2) is 16.6 Å². The minimum atomic E-state index is -0.390. The number of nitrogens with zero attached hydrogens (tertiary/aromatic N) is 2. The van der Waals surface area contributed by atoms with Crippen LogP contribution in [0, 0.1) is 16.0 Å². The SMILES string of the molecule is COc1cc([N+](=O)[O-])c(C(N)C2CCN(C)CC2)cc1Br. The Morgan fingerprint density at radius 1 is 1.48 bits per heavy atom. The van der Waals surface area contributed by atoms with Crippen LogP contribution >= 0.6 is 15.9 Å². The molecule has 0 bridgehead atoms. The van der Waals surface area contributed by atoms with Crippen molar-refractivity contribution in [3.8, 4) is 5.75 Å². The van der Waals surface area contributed by atoms with Gasteiger partial charge in [-0.2, -0.15) is 0 Å². The van der Waals surface area contributed by atoms with E-state index < -0.39 is 0 Å². The molecule has 2 N–H and O–H groups in total. The molecule has 1 aliphatic heterocycles. The lowest BCUT2D eigenvalue weighted by Gasteiger charge is -2.32. The van der Waals surface area contributed by atoms with Crippen LogP contribution in [0.25, 0.3) is 0 Å². The molecule has 0 amide bonds. The third-order valence-electron chi connectivity index (χ3n) is 4.13. The average molecular weight is 358 g/mol. The second-order valence-electron chi connectivity index (χ2n) is 5.47. The van der Waals surface area contributed by atoms with Gasteiger partial charge in [0.15, 0.2) is 0 Å². The molecule has 1 atom stereocenters. The largest absolute Gasteiger partial charge is 0.495 e. The van der Waals surface area contributed by atoms with Gasteiger partial charge in [0, 0.05) is 11.6 Å². The van der Waals surface area contributed by atoms with E-state index in [0.29, 0.717) is 15.8 Å². The summed E-state index contributed by atoms with van der Waals surface area (Å²) in [7, 11) is 3.56.